The van der Waals surface area contributed by atoms with Gasteiger partial charge in [-0.25, -0.2) is 4.79 Å². The van der Waals surface area contributed by atoms with Crippen molar-refractivity contribution in [2.24, 2.45) is 0 Å². The van der Waals surface area contributed by atoms with Gasteiger partial charge in [0.15, 0.2) is 0 Å². The molecular formula is C15H30N4O2. The first-order valence-corrected chi connectivity index (χ1v) is 8.15. The number of urea groups is 1. The number of nitrogens with one attached hydrogen (secondary N) is 1. The lowest BCUT2D eigenvalue weighted by molar-refractivity contribution is -0.133. The van der Waals surface area contributed by atoms with E-state index in [-0.39, 0.29) is 11.9 Å². The second kappa shape index (κ2) is 9.60. The number of unbranched alkanes of at least 4 members (excludes halogenated alkanes) is 1. The van der Waals surface area contributed by atoms with Gasteiger partial charge in [-0.3, -0.25) is 9.69 Å². The van der Waals surface area contributed by atoms with Gasteiger partial charge in [0, 0.05) is 32.7 Å². The number of nitrogens with zero attached hydrogens (tertiary/aromatic N) is 3. The van der Waals surface area contributed by atoms with Gasteiger partial charge in [0.2, 0.25) is 5.91 Å². The van der Waals surface area contributed by atoms with Gasteiger partial charge in [0.25, 0.3) is 0 Å². The van der Waals surface area contributed by atoms with E-state index in [9.17, 15) is 9.59 Å². The Bertz CT molecular complexity index is 324. The van der Waals surface area contributed by atoms with Crippen LogP contribution in [-0.2, 0) is 4.79 Å². The summed E-state index contributed by atoms with van der Waals surface area (Å²) in [6.45, 7) is 11.8. The molecule has 1 aliphatic rings. The summed E-state index contributed by atoms with van der Waals surface area (Å²) in [6, 6.07) is -0.000656. The number of piperazine rings is 1. The third-order valence-corrected chi connectivity index (χ3v) is 3.98. The number of likely N-dealkylation sites (N-methyl/N-ethyl adjacent to an activating group) is 1. The Hall–Kier alpha value is -1.30. The van der Waals surface area contributed by atoms with Gasteiger partial charge in [-0.1, -0.05) is 27.2 Å². The minimum atomic E-state index is -0.000656. The highest BCUT2D eigenvalue weighted by Gasteiger charge is 2.24. The molecular weight excluding hydrogens is 268 g/mol. The Balaban J connectivity index is 2.31. The van der Waals surface area contributed by atoms with Gasteiger partial charge in [-0.15, -0.1) is 0 Å². The maximum Gasteiger partial charge on any atom is 0.317 e. The van der Waals surface area contributed by atoms with Crippen LogP contribution in [0.1, 0.15) is 33.6 Å². The van der Waals surface area contributed by atoms with Gasteiger partial charge < -0.3 is 15.1 Å². The molecule has 1 fully saturated rings. The van der Waals surface area contributed by atoms with Gasteiger partial charge in [0.1, 0.15) is 0 Å². The fourth-order valence-electron chi connectivity index (χ4n) is 2.38. The molecule has 0 aromatic carbocycles. The first-order chi connectivity index (χ1) is 10.1. The Morgan fingerprint density at radius 3 is 2.10 bits per heavy atom. The second-order valence-corrected chi connectivity index (χ2v) is 5.41. The summed E-state index contributed by atoms with van der Waals surface area (Å²) in [7, 11) is 0. The summed E-state index contributed by atoms with van der Waals surface area (Å²) in [4.78, 5) is 29.9. The monoisotopic (exact) mass is 298 g/mol. The third-order valence-electron chi connectivity index (χ3n) is 3.98. The van der Waals surface area contributed by atoms with Crippen molar-refractivity contribution in [2.75, 3.05) is 52.4 Å². The molecule has 1 aliphatic heterocycles. The predicted octanol–water partition coefficient (Wildman–Crippen LogP) is 0.982. The molecule has 1 N–H and O–H groups in total. The van der Waals surface area contributed by atoms with Crippen LogP contribution in [0.3, 0.4) is 0 Å². The molecule has 6 nitrogen and oxygen atoms in total. The average Bonchev–Trinajstić information content (AvgIpc) is 2.52. The molecule has 21 heavy (non-hydrogen) atoms. The van der Waals surface area contributed by atoms with E-state index >= 15 is 0 Å². The van der Waals surface area contributed by atoms with Crippen molar-refractivity contribution in [3.05, 3.63) is 0 Å². The predicted molar refractivity (Wildman–Crippen MR) is 84.2 cm³/mol. The van der Waals surface area contributed by atoms with Gasteiger partial charge in [-0.2, -0.15) is 0 Å². The second-order valence-electron chi connectivity index (χ2n) is 5.41. The number of hydrogen-bond acceptors (Lipinski definition) is 3. The molecule has 0 saturated carbocycles. The summed E-state index contributed by atoms with van der Waals surface area (Å²) in [5.74, 6) is 0.171. The summed E-state index contributed by atoms with van der Waals surface area (Å²) < 4.78 is 0. The number of carbonyl (C=O) groups excluding carboxylic acids is 2. The minimum absolute atomic E-state index is 0.000656. The zero-order valence-corrected chi connectivity index (χ0v) is 13.7. The van der Waals surface area contributed by atoms with Crippen molar-refractivity contribution in [3.8, 4) is 0 Å². The molecule has 1 rings (SSSR count). The number of rotatable bonds is 7. The van der Waals surface area contributed by atoms with Crippen molar-refractivity contribution in [1.29, 1.82) is 0 Å². The van der Waals surface area contributed by atoms with Crippen molar-refractivity contribution in [3.63, 3.8) is 0 Å². The molecule has 0 aromatic heterocycles. The van der Waals surface area contributed by atoms with E-state index < -0.39 is 0 Å². The highest BCUT2D eigenvalue weighted by Crippen LogP contribution is 2.04. The van der Waals surface area contributed by atoms with Crippen LogP contribution < -0.4 is 5.32 Å². The molecule has 0 spiro atoms. The van der Waals surface area contributed by atoms with Crippen LogP contribution in [0.4, 0.5) is 4.79 Å². The van der Waals surface area contributed by atoms with E-state index in [2.05, 4.69) is 31.0 Å². The van der Waals surface area contributed by atoms with Crippen molar-refractivity contribution < 1.29 is 9.59 Å². The lowest BCUT2D eigenvalue weighted by Gasteiger charge is -2.35. The normalized spacial score (nSPS) is 15.4. The molecule has 0 bridgehead atoms. The molecule has 0 unspecified atom stereocenters. The maximum atomic E-state index is 12.2. The standard InChI is InChI=1S/C15H30N4O2/c1-4-7-8-16-15(21)19-11-9-18(10-12-19)14(20)13-17(5-2)6-3/h4-13H2,1-3H3,(H,16,21). The first-order valence-electron chi connectivity index (χ1n) is 8.15. The third kappa shape index (κ3) is 5.91. The van der Waals surface area contributed by atoms with Gasteiger partial charge in [-0.05, 0) is 19.5 Å². The van der Waals surface area contributed by atoms with Crippen LogP contribution >= 0.6 is 0 Å². The Labute approximate surface area is 128 Å². The van der Waals surface area contributed by atoms with Crippen LogP contribution in [0.5, 0.6) is 0 Å². The Morgan fingerprint density at radius 2 is 1.57 bits per heavy atom. The number of carbonyl (C=O) groups is 2. The minimum Gasteiger partial charge on any atom is -0.338 e. The van der Waals surface area contributed by atoms with E-state index in [4.69, 9.17) is 0 Å². The van der Waals surface area contributed by atoms with Crippen LogP contribution in [0.25, 0.3) is 0 Å². The molecule has 122 valence electrons. The van der Waals surface area contributed by atoms with Crippen molar-refractivity contribution in [2.45, 2.75) is 33.6 Å². The zero-order valence-electron chi connectivity index (χ0n) is 13.7. The highest BCUT2D eigenvalue weighted by molar-refractivity contribution is 5.79. The fraction of sp³-hybridized carbons (Fsp3) is 0.867. The summed E-state index contributed by atoms with van der Waals surface area (Å²) in [5.41, 5.74) is 0. The van der Waals surface area contributed by atoms with E-state index in [0.29, 0.717) is 32.7 Å². The highest BCUT2D eigenvalue weighted by atomic mass is 16.2. The Kier molecular flexibility index (Phi) is 8.12. The molecule has 0 aliphatic carbocycles. The molecule has 6 heteroatoms. The van der Waals surface area contributed by atoms with Crippen LogP contribution in [-0.4, -0.2) is 79.0 Å². The molecule has 1 saturated heterocycles. The van der Waals surface area contributed by atoms with E-state index in [0.717, 1.165) is 32.5 Å². The SMILES string of the molecule is CCCCNC(=O)N1CCN(C(=O)CN(CC)CC)CC1. The summed E-state index contributed by atoms with van der Waals surface area (Å²) in [6.07, 6.45) is 2.09. The van der Waals surface area contributed by atoms with Crippen LogP contribution in [0, 0.1) is 0 Å². The lowest BCUT2D eigenvalue weighted by atomic mass is 10.3. The van der Waals surface area contributed by atoms with E-state index in [1.165, 1.54) is 0 Å². The molecule has 0 radical (unpaired) electrons. The molecule has 0 aromatic rings. The zero-order chi connectivity index (χ0) is 15.7. The fourth-order valence-corrected chi connectivity index (χ4v) is 2.38. The first kappa shape index (κ1) is 17.8. The van der Waals surface area contributed by atoms with Crippen LogP contribution in [0.2, 0.25) is 0 Å². The lowest BCUT2D eigenvalue weighted by Crippen LogP contribution is -2.54. The largest absolute Gasteiger partial charge is 0.338 e. The van der Waals surface area contributed by atoms with Crippen molar-refractivity contribution in [1.82, 2.24) is 20.0 Å². The number of amides is 3. The average molecular weight is 298 g/mol. The van der Waals surface area contributed by atoms with Gasteiger partial charge >= 0.3 is 6.03 Å². The van der Waals surface area contributed by atoms with E-state index in [1.807, 2.05) is 4.90 Å². The maximum absolute atomic E-state index is 12.2. The summed E-state index contributed by atoms with van der Waals surface area (Å²) >= 11 is 0. The van der Waals surface area contributed by atoms with E-state index in [1.54, 1.807) is 4.90 Å². The Morgan fingerprint density at radius 1 is 1.00 bits per heavy atom. The molecule has 0 atom stereocenters. The topological polar surface area (TPSA) is 55.9 Å². The van der Waals surface area contributed by atoms with Gasteiger partial charge in [0.05, 0.1) is 6.54 Å². The van der Waals surface area contributed by atoms with Crippen LogP contribution in [0.15, 0.2) is 0 Å². The summed E-state index contributed by atoms with van der Waals surface area (Å²) in [5, 5.41) is 2.92. The molecule has 3 amide bonds. The quantitative estimate of drug-likeness (QED) is 0.713. The van der Waals surface area contributed by atoms with Crippen molar-refractivity contribution >= 4 is 11.9 Å². The number of hydrogen-bond donors (Lipinski definition) is 1. The smallest absolute Gasteiger partial charge is 0.317 e. The molecule has 1 heterocycles.